The highest BCUT2D eigenvalue weighted by molar-refractivity contribution is 5.83. The predicted molar refractivity (Wildman–Crippen MR) is 104 cm³/mol. The molecule has 0 radical (unpaired) electrons. The van der Waals surface area contributed by atoms with Gasteiger partial charge in [-0.1, -0.05) is 0 Å². The third-order valence-electron chi connectivity index (χ3n) is 4.67. The van der Waals surface area contributed by atoms with E-state index in [1.807, 2.05) is 37.3 Å². The summed E-state index contributed by atoms with van der Waals surface area (Å²) >= 11 is 0. The predicted octanol–water partition coefficient (Wildman–Crippen LogP) is 1.00. The molecular weight excluding hydrogens is 344 g/mol. The Hall–Kier alpha value is -3.30. The van der Waals surface area contributed by atoms with Gasteiger partial charge in [0.05, 0.1) is 12.7 Å². The van der Waals surface area contributed by atoms with Gasteiger partial charge in [0.1, 0.15) is 12.7 Å². The van der Waals surface area contributed by atoms with Crippen LogP contribution in [0.25, 0.3) is 22.3 Å². The zero-order valence-electron chi connectivity index (χ0n) is 15.9. The largest absolute Gasteiger partial charge is 0.358 e. The Morgan fingerprint density at radius 2 is 1.15 bits per heavy atom. The van der Waals surface area contributed by atoms with E-state index in [0.717, 1.165) is 53.5 Å². The van der Waals surface area contributed by atoms with Crippen molar-refractivity contribution >= 4 is 34.0 Å². The first-order valence-electron chi connectivity index (χ1n) is 8.72. The first kappa shape index (κ1) is 17.1. The Morgan fingerprint density at radius 1 is 0.704 bits per heavy atom. The van der Waals surface area contributed by atoms with Crippen LogP contribution in [-0.2, 0) is 14.1 Å². The second kappa shape index (κ2) is 6.78. The molecule has 4 aromatic rings. The van der Waals surface area contributed by atoms with E-state index in [2.05, 4.69) is 39.7 Å². The summed E-state index contributed by atoms with van der Waals surface area (Å²) in [6, 6.07) is 0. The summed E-state index contributed by atoms with van der Waals surface area (Å²) in [4.78, 5) is 30.5. The maximum atomic E-state index is 4.42. The molecule has 0 saturated carbocycles. The van der Waals surface area contributed by atoms with Crippen LogP contribution in [0.4, 0.5) is 11.6 Å². The molecule has 10 nitrogen and oxygen atoms in total. The summed E-state index contributed by atoms with van der Waals surface area (Å²) in [5.41, 5.74) is 3.31. The molecule has 140 valence electrons. The molecule has 27 heavy (non-hydrogen) atoms. The number of hydrogen-bond donors (Lipinski definition) is 0. The van der Waals surface area contributed by atoms with Crippen molar-refractivity contribution in [2.24, 2.45) is 14.1 Å². The van der Waals surface area contributed by atoms with Gasteiger partial charge in [0, 0.05) is 41.3 Å². The monoisotopic (exact) mass is 366 g/mol. The van der Waals surface area contributed by atoms with Gasteiger partial charge >= 0.3 is 0 Å². The van der Waals surface area contributed by atoms with Crippen LogP contribution in [0.5, 0.6) is 0 Å². The number of rotatable bonds is 6. The summed E-state index contributed by atoms with van der Waals surface area (Å²) in [6.07, 6.45) is 7.63. The van der Waals surface area contributed by atoms with E-state index in [1.54, 1.807) is 25.3 Å². The lowest BCUT2D eigenvalue weighted by molar-refractivity contribution is 0.752. The molecule has 4 rings (SSSR count). The average molecular weight is 366 g/mol. The van der Waals surface area contributed by atoms with E-state index in [0.29, 0.717) is 0 Å². The van der Waals surface area contributed by atoms with Gasteiger partial charge < -0.3 is 18.9 Å². The molecule has 0 spiro atoms. The summed E-state index contributed by atoms with van der Waals surface area (Å²) in [6.45, 7) is 1.67. The number of imidazole rings is 2. The van der Waals surface area contributed by atoms with Crippen molar-refractivity contribution in [3.05, 3.63) is 25.3 Å². The van der Waals surface area contributed by atoms with Crippen LogP contribution >= 0.6 is 0 Å². The van der Waals surface area contributed by atoms with E-state index in [1.165, 1.54) is 0 Å². The van der Waals surface area contributed by atoms with Crippen LogP contribution in [0.3, 0.4) is 0 Å². The summed E-state index contributed by atoms with van der Waals surface area (Å²) < 4.78 is 3.80. The third-order valence-corrected chi connectivity index (χ3v) is 4.67. The van der Waals surface area contributed by atoms with Gasteiger partial charge in [-0.2, -0.15) is 0 Å². The fraction of sp³-hybridized carbons (Fsp3) is 0.412. The maximum Gasteiger partial charge on any atom is 0.165 e. The molecule has 4 aromatic heterocycles. The van der Waals surface area contributed by atoms with Crippen molar-refractivity contribution in [3.8, 4) is 0 Å². The molecule has 0 N–H and O–H groups in total. The number of nitrogens with zero attached hydrogens (tertiary/aromatic N) is 10. The van der Waals surface area contributed by atoms with E-state index >= 15 is 0 Å². The molecule has 10 heteroatoms. The van der Waals surface area contributed by atoms with Gasteiger partial charge in [-0.15, -0.1) is 0 Å². The Labute approximate surface area is 156 Å². The van der Waals surface area contributed by atoms with Gasteiger partial charge in [-0.25, -0.2) is 29.9 Å². The van der Waals surface area contributed by atoms with Gasteiger partial charge in [-0.05, 0) is 6.42 Å². The Bertz CT molecular complexity index is 996. The molecule has 4 heterocycles. The number of anilines is 2. The van der Waals surface area contributed by atoms with Gasteiger partial charge in [-0.3, -0.25) is 0 Å². The van der Waals surface area contributed by atoms with E-state index in [9.17, 15) is 0 Å². The molecule has 0 atom stereocenters. The number of aromatic nitrogens is 8. The zero-order chi connectivity index (χ0) is 19.0. The van der Waals surface area contributed by atoms with E-state index in [4.69, 9.17) is 0 Å². The second-order valence-electron chi connectivity index (χ2n) is 6.65. The van der Waals surface area contributed by atoms with Crippen molar-refractivity contribution in [3.63, 3.8) is 0 Å². The number of aryl methyl sites for hydroxylation is 2. The van der Waals surface area contributed by atoms with Gasteiger partial charge in [0.15, 0.2) is 34.0 Å². The highest BCUT2D eigenvalue weighted by atomic mass is 15.2. The van der Waals surface area contributed by atoms with Crippen LogP contribution in [0, 0.1) is 0 Å². The minimum Gasteiger partial charge on any atom is -0.358 e. The number of hydrogen-bond acceptors (Lipinski definition) is 8. The molecule has 0 aliphatic carbocycles. The second-order valence-corrected chi connectivity index (χ2v) is 6.65. The topological polar surface area (TPSA) is 93.7 Å². The summed E-state index contributed by atoms with van der Waals surface area (Å²) in [5.74, 6) is 1.69. The first-order chi connectivity index (χ1) is 13.1. The van der Waals surface area contributed by atoms with Gasteiger partial charge in [0.25, 0.3) is 0 Å². The lowest BCUT2D eigenvalue weighted by Gasteiger charge is -2.22. The van der Waals surface area contributed by atoms with Crippen molar-refractivity contribution in [1.29, 1.82) is 0 Å². The number of fused-ring (bicyclic) bond motifs is 2. The van der Waals surface area contributed by atoms with Crippen LogP contribution in [-0.4, -0.2) is 66.2 Å². The molecule has 0 unspecified atom stereocenters. The van der Waals surface area contributed by atoms with Crippen molar-refractivity contribution in [1.82, 2.24) is 39.0 Å². The minimum atomic E-state index is 0.821. The first-order valence-corrected chi connectivity index (χ1v) is 8.72. The minimum absolute atomic E-state index is 0.821. The van der Waals surface area contributed by atoms with Crippen LogP contribution in [0.2, 0.25) is 0 Å². The Morgan fingerprint density at radius 3 is 1.59 bits per heavy atom. The summed E-state index contributed by atoms with van der Waals surface area (Å²) in [5, 5.41) is 0. The fourth-order valence-electron chi connectivity index (χ4n) is 3.18. The molecule has 0 fully saturated rings. The Kier molecular flexibility index (Phi) is 4.30. The molecule has 0 saturated heterocycles. The summed E-state index contributed by atoms with van der Waals surface area (Å²) in [7, 11) is 7.92. The van der Waals surface area contributed by atoms with Crippen molar-refractivity contribution in [2.75, 3.05) is 37.0 Å². The van der Waals surface area contributed by atoms with Crippen LogP contribution in [0.1, 0.15) is 6.42 Å². The molecular formula is C17H22N10. The SMILES string of the molecule is CN(CCCN(C)c1ncnc2c1ncn2C)c1ncnc2c1ncn2C. The smallest absolute Gasteiger partial charge is 0.165 e. The standard InChI is InChI=1S/C17H22N10/c1-24(14-12-16(20-8-18-14)26(3)10-22-12)6-5-7-25(2)15-13-17(21-9-19-15)27(4)11-23-13/h8-11H,5-7H2,1-4H3. The molecule has 0 aliphatic rings. The lowest BCUT2D eigenvalue weighted by Crippen LogP contribution is -2.26. The highest BCUT2D eigenvalue weighted by Gasteiger charge is 2.14. The van der Waals surface area contributed by atoms with Crippen molar-refractivity contribution in [2.45, 2.75) is 6.42 Å². The van der Waals surface area contributed by atoms with E-state index < -0.39 is 0 Å². The maximum absolute atomic E-state index is 4.42. The quantitative estimate of drug-likeness (QED) is 0.499. The van der Waals surface area contributed by atoms with Crippen molar-refractivity contribution < 1.29 is 0 Å². The third kappa shape index (κ3) is 3.03. The van der Waals surface area contributed by atoms with Gasteiger partial charge in [0.2, 0.25) is 0 Å². The highest BCUT2D eigenvalue weighted by Crippen LogP contribution is 2.21. The lowest BCUT2D eigenvalue weighted by atomic mass is 10.3. The van der Waals surface area contributed by atoms with Crippen LogP contribution in [0.15, 0.2) is 25.3 Å². The van der Waals surface area contributed by atoms with Crippen LogP contribution < -0.4 is 9.80 Å². The zero-order valence-corrected chi connectivity index (χ0v) is 15.9. The average Bonchev–Trinajstić information content (AvgIpc) is 3.25. The molecule has 0 bridgehead atoms. The molecule has 0 aliphatic heterocycles. The molecule has 0 aromatic carbocycles. The fourth-order valence-corrected chi connectivity index (χ4v) is 3.18. The normalized spacial score (nSPS) is 11.4. The van der Waals surface area contributed by atoms with E-state index in [-0.39, 0.29) is 0 Å². The molecule has 0 amide bonds. The Balaban J connectivity index is 1.44.